The van der Waals surface area contributed by atoms with E-state index in [1.54, 1.807) is 0 Å². The van der Waals surface area contributed by atoms with E-state index >= 15 is 0 Å². The molecule has 0 radical (unpaired) electrons. The second kappa shape index (κ2) is 5.78. The van der Waals surface area contributed by atoms with Crippen molar-refractivity contribution in [3.05, 3.63) is 36.1 Å². The molecular weight excluding hydrogens is 134 g/mol. The van der Waals surface area contributed by atoms with Gasteiger partial charge in [-0.15, -0.1) is 0 Å². The summed E-state index contributed by atoms with van der Waals surface area (Å²) in [5.41, 5.74) is 2.32. The Balaban J connectivity index is 3.68. The first-order valence-corrected chi connectivity index (χ1v) is 3.84. The third-order valence-electron chi connectivity index (χ3n) is 1.24. The first-order chi connectivity index (χ1) is 5.16. The van der Waals surface area contributed by atoms with Crippen LogP contribution >= 0.6 is 0 Å². The highest BCUT2D eigenvalue weighted by Crippen LogP contribution is 1.92. The smallest absolute Gasteiger partial charge is 0.0357 e. The molecule has 11 heavy (non-hydrogen) atoms. The van der Waals surface area contributed by atoms with Gasteiger partial charge in [-0.05, 0) is 20.8 Å². The minimum absolute atomic E-state index is 0.889. The topological polar surface area (TPSA) is 12.0 Å². The predicted octanol–water partition coefficient (Wildman–Crippen LogP) is 2.63. The van der Waals surface area contributed by atoms with Crippen LogP contribution in [-0.4, -0.2) is 6.54 Å². The molecule has 62 valence electrons. The molecule has 0 rings (SSSR count). The maximum absolute atomic E-state index is 3.75. The fourth-order valence-electron chi connectivity index (χ4n) is 0.610. The summed E-state index contributed by atoms with van der Waals surface area (Å²) < 4.78 is 0. The monoisotopic (exact) mass is 151 g/mol. The van der Waals surface area contributed by atoms with E-state index in [9.17, 15) is 0 Å². The molecule has 0 bridgehead atoms. The number of nitrogens with one attached hydrogen (secondary N) is 1. The molecule has 1 heteroatoms. The van der Waals surface area contributed by atoms with E-state index in [1.165, 1.54) is 5.57 Å². The zero-order valence-electron chi connectivity index (χ0n) is 7.65. The first kappa shape index (κ1) is 10.0. The summed E-state index contributed by atoms with van der Waals surface area (Å²) in [5, 5.41) is 3.16. The lowest BCUT2D eigenvalue weighted by molar-refractivity contribution is 0.874. The largest absolute Gasteiger partial charge is 0.385 e. The van der Waals surface area contributed by atoms with Gasteiger partial charge < -0.3 is 5.32 Å². The van der Waals surface area contributed by atoms with Gasteiger partial charge in [-0.1, -0.05) is 30.4 Å². The zero-order chi connectivity index (χ0) is 8.69. The minimum atomic E-state index is 0.889. The highest BCUT2D eigenvalue weighted by Gasteiger charge is 1.85. The van der Waals surface area contributed by atoms with Crippen LogP contribution in [0.2, 0.25) is 0 Å². The van der Waals surface area contributed by atoms with Gasteiger partial charge in [-0.3, -0.25) is 0 Å². The van der Waals surface area contributed by atoms with Crippen molar-refractivity contribution in [2.75, 3.05) is 6.54 Å². The highest BCUT2D eigenvalue weighted by atomic mass is 14.9. The second-order valence-corrected chi connectivity index (χ2v) is 2.67. The maximum Gasteiger partial charge on any atom is 0.0357 e. The van der Waals surface area contributed by atoms with Crippen molar-refractivity contribution in [2.24, 2.45) is 0 Å². The molecule has 0 spiro atoms. The molecule has 0 saturated heterocycles. The molecular formula is C10H17N. The number of rotatable bonds is 4. The lowest BCUT2D eigenvalue weighted by atomic mass is 10.2. The summed E-state index contributed by atoms with van der Waals surface area (Å²) in [4.78, 5) is 0. The molecule has 0 aromatic rings. The molecule has 0 fully saturated rings. The van der Waals surface area contributed by atoms with Crippen molar-refractivity contribution in [1.29, 1.82) is 0 Å². The minimum Gasteiger partial charge on any atom is -0.385 e. The highest BCUT2D eigenvalue weighted by molar-refractivity contribution is 5.12. The van der Waals surface area contributed by atoms with Crippen molar-refractivity contribution < 1.29 is 0 Å². The number of allylic oxidation sites excluding steroid dienone is 4. The van der Waals surface area contributed by atoms with Gasteiger partial charge in [0.1, 0.15) is 0 Å². The Kier molecular flexibility index (Phi) is 5.26. The quantitative estimate of drug-likeness (QED) is 0.609. The van der Waals surface area contributed by atoms with E-state index in [4.69, 9.17) is 0 Å². The van der Waals surface area contributed by atoms with Gasteiger partial charge in [0.05, 0.1) is 0 Å². The van der Waals surface area contributed by atoms with E-state index in [1.807, 2.05) is 26.0 Å². The van der Waals surface area contributed by atoms with Gasteiger partial charge in [0.2, 0.25) is 0 Å². The lowest BCUT2D eigenvalue weighted by Gasteiger charge is -2.03. The van der Waals surface area contributed by atoms with Crippen LogP contribution in [0.25, 0.3) is 0 Å². The fraction of sp³-hybridized carbons (Fsp3) is 0.400. The van der Waals surface area contributed by atoms with Crippen LogP contribution in [-0.2, 0) is 0 Å². The van der Waals surface area contributed by atoms with E-state index < -0.39 is 0 Å². The van der Waals surface area contributed by atoms with Crippen molar-refractivity contribution in [1.82, 2.24) is 5.32 Å². The molecule has 0 aromatic heterocycles. The molecule has 0 unspecified atom stereocenters. The molecule has 0 amide bonds. The van der Waals surface area contributed by atoms with Crippen LogP contribution in [0.1, 0.15) is 20.8 Å². The molecule has 0 heterocycles. The molecule has 0 aliphatic rings. The Morgan fingerprint density at radius 2 is 2.09 bits per heavy atom. The Labute approximate surface area is 69.5 Å². The molecule has 0 aromatic carbocycles. The number of hydrogen-bond acceptors (Lipinski definition) is 1. The summed E-state index contributed by atoms with van der Waals surface area (Å²) >= 11 is 0. The molecule has 0 aliphatic heterocycles. The molecule has 1 N–H and O–H groups in total. The summed E-state index contributed by atoms with van der Waals surface area (Å²) in [7, 11) is 0. The van der Waals surface area contributed by atoms with E-state index in [2.05, 4.69) is 24.9 Å². The van der Waals surface area contributed by atoms with Crippen LogP contribution < -0.4 is 5.32 Å². The average Bonchev–Trinajstić information content (AvgIpc) is 1.97. The third kappa shape index (κ3) is 6.91. The standard InChI is InChI=1S/C10H17N/c1-5-6-7-10(4)8-11-9(2)3/h5-7,11H,2,8H2,1,3-4H3/b6-5-,10-7+. The normalized spacial score (nSPS) is 12.1. The maximum atomic E-state index is 3.75. The summed E-state index contributed by atoms with van der Waals surface area (Å²) in [6, 6.07) is 0. The predicted molar refractivity (Wildman–Crippen MR) is 51.4 cm³/mol. The van der Waals surface area contributed by atoms with Crippen molar-refractivity contribution in [3.8, 4) is 0 Å². The van der Waals surface area contributed by atoms with E-state index in [0.717, 1.165) is 12.2 Å². The van der Waals surface area contributed by atoms with Gasteiger partial charge in [-0.2, -0.15) is 0 Å². The lowest BCUT2D eigenvalue weighted by Crippen LogP contribution is -2.12. The molecule has 0 saturated carbocycles. The van der Waals surface area contributed by atoms with Gasteiger partial charge in [-0.25, -0.2) is 0 Å². The Morgan fingerprint density at radius 3 is 2.55 bits per heavy atom. The van der Waals surface area contributed by atoms with Crippen molar-refractivity contribution >= 4 is 0 Å². The number of hydrogen-bond donors (Lipinski definition) is 1. The Bertz CT molecular complexity index is 175. The average molecular weight is 151 g/mol. The van der Waals surface area contributed by atoms with Gasteiger partial charge >= 0.3 is 0 Å². The van der Waals surface area contributed by atoms with E-state index in [-0.39, 0.29) is 0 Å². The summed E-state index contributed by atoms with van der Waals surface area (Å²) in [6.07, 6.45) is 6.15. The Morgan fingerprint density at radius 1 is 1.45 bits per heavy atom. The summed E-state index contributed by atoms with van der Waals surface area (Å²) in [6.45, 7) is 10.7. The second-order valence-electron chi connectivity index (χ2n) is 2.67. The van der Waals surface area contributed by atoms with Crippen LogP contribution in [0.15, 0.2) is 36.1 Å². The fourth-order valence-corrected chi connectivity index (χ4v) is 0.610. The van der Waals surface area contributed by atoms with Gasteiger partial charge in [0, 0.05) is 12.2 Å². The molecule has 0 aliphatic carbocycles. The SMILES string of the molecule is C=C(C)NC/C(C)=C/C=C\C. The molecule has 1 nitrogen and oxygen atoms in total. The third-order valence-corrected chi connectivity index (χ3v) is 1.24. The van der Waals surface area contributed by atoms with Crippen LogP contribution in [0.3, 0.4) is 0 Å². The van der Waals surface area contributed by atoms with Gasteiger partial charge in [0.25, 0.3) is 0 Å². The van der Waals surface area contributed by atoms with Crippen LogP contribution in [0, 0.1) is 0 Å². The first-order valence-electron chi connectivity index (χ1n) is 3.84. The van der Waals surface area contributed by atoms with Crippen LogP contribution in [0.4, 0.5) is 0 Å². The summed E-state index contributed by atoms with van der Waals surface area (Å²) in [5.74, 6) is 0. The molecule has 0 atom stereocenters. The van der Waals surface area contributed by atoms with Crippen molar-refractivity contribution in [3.63, 3.8) is 0 Å². The van der Waals surface area contributed by atoms with E-state index in [0.29, 0.717) is 0 Å². The zero-order valence-corrected chi connectivity index (χ0v) is 7.65. The van der Waals surface area contributed by atoms with Gasteiger partial charge in [0.15, 0.2) is 0 Å². The van der Waals surface area contributed by atoms with Crippen LogP contribution in [0.5, 0.6) is 0 Å². The van der Waals surface area contributed by atoms with Crippen molar-refractivity contribution in [2.45, 2.75) is 20.8 Å². The Hall–Kier alpha value is -0.980.